The van der Waals surface area contributed by atoms with Crippen LogP contribution in [0.3, 0.4) is 0 Å². The van der Waals surface area contributed by atoms with Gasteiger partial charge < -0.3 is 4.90 Å². The molecule has 1 saturated heterocycles. The van der Waals surface area contributed by atoms with E-state index in [0.717, 1.165) is 25.9 Å². The number of hydrogen-bond donors (Lipinski definition) is 0. The zero-order valence-corrected chi connectivity index (χ0v) is 12.3. The summed E-state index contributed by atoms with van der Waals surface area (Å²) in [6.07, 6.45) is 3.45. The zero-order chi connectivity index (χ0) is 13.2. The lowest BCUT2D eigenvalue weighted by Crippen LogP contribution is -2.32. The van der Waals surface area contributed by atoms with Crippen LogP contribution in [0.15, 0.2) is 10.9 Å². The Morgan fingerprint density at radius 2 is 2.17 bits per heavy atom. The lowest BCUT2D eigenvalue weighted by molar-refractivity contribution is 0.0750. The molecule has 0 radical (unpaired) electrons. The zero-order valence-electron chi connectivity index (χ0n) is 11.5. The van der Waals surface area contributed by atoms with Crippen molar-refractivity contribution in [1.29, 1.82) is 0 Å². The number of carbonyl (C=O) groups is 1. The first-order chi connectivity index (χ1) is 8.48. The van der Waals surface area contributed by atoms with Gasteiger partial charge >= 0.3 is 0 Å². The van der Waals surface area contributed by atoms with Gasteiger partial charge in [-0.3, -0.25) is 4.79 Å². The van der Waals surface area contributed by atoms with Gasteiger partial charge in [0.2, 0.25) is 0 Å². The SMILES string of the molecule is CC(C)(C)C1CCCN(C(=O)c2cscn2)CC1. The molecule has 1 amide bonds. The standard InChI is InChI=1S/C14H22N2OS/c1-14(2,3)11-5-4-7-16(8-6-11)13(17)12-9-18-10-15-12/h9-11H,4-8H2,1-3H3. The number of thiazole rings is 1. The van der Waals surface area contributed by atoms with Crippen LogP contribution in [-0.2, 0) is 0 Å². The minimum absolute atomic E-state index is 0.103. The lowest BCUT2D eigenvalue weighted by atomic mass is 9.77. The Morgan fingerprint density at radius 1 is 1.39 bits per heavy atom. The summed E-state index contributed by atoms with van der Waals surface area (Å²) in [5.41, 5.74) is 2.68. The van der Waals surface area contributed by atoms with Crippen molar-refractivity contribution in [2.75, 3.05) is 13.1 Å². The smallest absolute Gasteiger partial charge is 0.273 e. The highest BCUT2D eigenvalue weighted by Gasteiger charge is 2.28. The summed E-state index contributed by atoms with van der Waals surface area (Å²) in [6, 6.07) is 0. The first-order valence-electron chi connectivity index (χ1n) is 6.66. The van der Waals surface area contributed by atoms with E-state index in [9.17, 15) is 4.79 Å². The molecule has 1 aromatic heterocycles. The summed E-state index contributed by atoms with van der Waals surface area (Å²) in [5.74, 6) is 0.816. The molecule has 18 heavy (non-hydrogen) atoms. The summed E-state index contributed by atoms with van der Waals surface area (Å²) in [5, 5.41) is 1.84. The largest absolute Gasteiger partial charge is 0.337 e. The molecule has 100 valence electrons. The number of likely N-dealkylation sites (tertiary alicyclic amines) is 1. The Bertz CT molecular complexity index is 394. The molecule has 2 heterocycles. The molecule has 0 N–H and O–H groups in total. The van der Waals surface area contributed by atoms with Gasteiger partial charge in [-0.1, -0.05) is 20.8 Å². The van der Waals surface area contributed by atoms with Crippen LogP contribution < -0.4 is 0 Å². The third-order valence-electron chi connectivity index (χ3n) is 3.89. The molecule has 0 spiro atoms. The Labute approximate surface area is 113 Å². The minimum Gasteiger partial charge on any atom is -0.337 e. The van der Waals surface area contributed by atoms with Crippen molar-refractivity contribution >= 4 is 17.2 Å². The first-order valence-corrected chi connectivity index (χ1v) is 7.60. The molecule has 3 nitrogen and oxygen atoms in total. The second-order valence-corrected chi connectivity index (χ2v) is 6.88. The van der Waals surface area contributed by atoms with Crippen LogP contribution in [0, 0.1) is 11.3 Å². The predicted octanol–water partition coefficient (Wildman–Crippen LogP) is 3.43. The lowest BCUT2D eigenvalue weighted by Gasteiger charge is -2.29. The summed E-state index contributed by atoms with van der Waals surface area (Å²) < 4.78 is 0. The van der Waals surface area contributed by atoms with Gasteiger partial charge in [-0.05, 0) is 30.6 Å². The van der Waals surface area contributed by atoms with Crippen molar-refractivity contribution < 1.29 is 4.79 Å². The third kappa shape index (κ3) is 3.10. The maximum atomic E-state index is 12.2. The summed E-state index contributed by atoms with van der Waals surface area (Å²) in [4.78, 5) is 18.3. The fourth-order valence-corrected chi connectivity index (χ4v) is 3.17. The Kier molecular flexibility index (Phi) is 4.05. The molecule has 1 aromatic rings. The van der Waals surface area contributed by atoms with Gasteiger partial charge in [0.05, 0.1) is 5.51 Å². The number of rotatable bonds is 1. The molecule has 0 aromatic carbocycles. The number of hydrogen-bond acceptors (Lipinski definition) is 3. The van der Waals surface area contributed by atoms with E-state index in [-0.39, 0.29) is 5.91 Å². The molecule has 1 aliphatic rings. The van der Waals surface area contributed by atoms with E-state index in [0.29, 0.717) is 17.0 Å². The molecule has 1 aliphatic heterocycles. The topological polar surface area (TPSA) is 33.2 Å². The van der Waals surface area contributed by atoms with Crippen LogP contribution in [0.25, 0.3) is 0 Å². The number of aromatic nitrogens is 1. The molecule has 0 aliphatic carbocycles. The first kappa shape index (κ1) is 13.5. The molecular formula is C14H22N2OS. The van der Waals surface area contributed by atoms with E-state index >= 15 is 0 Å². The van der Waals surface area contributed by atoms with E-state index in [1.165, 1.54) is 17.8 Å². The normalized spacial score (nSPS) is 21.7. The Balaban J connectivity index is 1.99. The van der Waals surface area contributed by atoms with Crippen molar-refractivity contribution in [1.82, 2.24) is 9.88 Å². The van der Waals surface area contributed by atoms with Crippen molar-refractivity contribution in [2.45, 2.75) is 40.0 Å². The average Bonchev–Trinajstić information content (AvgIpc) is 2.70. The molecule has 0 saturated carbocycles. The van der Waals surface area contributed by atoms with Crippen molar-refractivity contribution in [3.8, 4) is 0 Å². The van der Waals surface area contributed by atoms with Gasteiger partial charge in [0.1, 0.15) is 5.69 Å². The van der Waals surface area contributed by atoms with Gasteiger partial charge in [-0.15, -0.1) is 11.3 Å². The number of carbonyl (C=O) groups excluding carboxylic acids is 1. The maximum Gasteiger partial charge on any atom is 0.273 e. The molecule has 1 atom stereocenters. The van der Waals surface area contributed by atoms with E-state index < -0.39 is 0 Å². The highest BCUT2D eigenvalue weighted by atomic mass is 32.1. The van der Waals surface area contributed by atoms with Crippen molar-refractivity contribution in [2.24, 2.45) is 11.3 Å². The van der Waals surface area contributed by atoms with E-state index in [2.05, 4.69) is 25.8 Å². The van der Waals surface area contributed by atoms with Crippen LogP contribution in [0.2, 0.25) is 0 Å². The molecular weight excluding hydrogens is 244 g/mol. The van der Waals surface area contributed by atoms with Gasteiger partial charge in [0.15, 0.2) is 0 Å². The monoisotopic (exact) mass is 266 g/mol. The van der Waals surface area contributed by atoms with Crippen LogP contribution in [-0.4, -0.2) is 28.9 Å². The van der Waals surface area contributed by atoms with Gasteiger partial charge in [-0.2, -0.15) is 0 Å². The number of nitrogens with zero attached hydrogens (tertiary/aromatic N) is 2. The quantitative estimate of drug-likeness (QED) is 0.780. The Morgan fingerprint density at radius 3 is 2.78 bits per heavy atom. The van der Waals surface area contributed by atoms with Crippen molar-refractivity contribution in [3.63, 3.8) is 0 Å². The van der Waals surface area contributed by atoms with E-state index in [4.69, 9.17) is 0 Å². The maximum absolute atomic E-state index is 12.2. The molecule has 0 bridgehead atoms. The fourth-order valence-electron chi connectivity index (χ4n) is 2.65. The van der Waals surface area contributed by atoms with E-state index in [1.54, 1.807) is 5.51 Å². The van der Waals surface area contributed by atoms with Crippen LogP contribution in [0.5, 0.6) is 0 Å². The number of amides is 1. The van der Waals surface area contributed by atoms with Gasteiger partial charge in [-0.25, -0.2) is 4.98 Å². The summed E-state index contributed by atoms with van der Waals surface area (Å²) in [7, 11) is 0. The second kappa shape index (κ2) is 5.39. The van der Waals surface area contributed by atoms with Crippen LogP contribution in [0.4, 0.5) is 0 Å². The minimum atomic E-state index is 0.103. The third-order valence-corrected chi connectivity index (χ3v) is 4.48. The average molecular weight is 266 g/mol. The summed E-state index contributed by atoms with van der Waals surface area (Å²) >= 11 is 1.48. The summed E-state index contributed by atoms with van der Waals surface area (Å²) in [6.45, 7) is 8.65. The van der Waals surface area contributed by atoms with Crippen LogP contribution in [0.1, 0.15) is 50.5 Å². The molecule has 4 heteroatoms. The molecule has 1 unspecified atom stereocenters. The van der Waals surface area contributed by atoms with Gasteiger partial charge in [0.25, 0.3) is 5.91 Å². The van der Waals surface area contributed by atoms with Gasteiger partial charge in [0, 0.05) is 18.5 Å². The van der Waals surface area contributed by atoms with Crippen molar-refractivity contribution in [3.05, 3.63) is 16.6 Å². The second-order valence-electron chi connectivity index (χ2n) is 6.16. The molecule has 1 fully saturated rings. The highest BCUT2D eigenvalue weighted by Crippen LogP contribution is 2.34. The molecule has 2 rings (SSSR count). The fraction of sp³-hybridized carbons (Fsp3) is 0.714. The highest BCUT2D eigenvalue weighted by molar-refractivity contribution is 7.07. The van der Waals surface area contributed by atoms with Crippen LogP contribution >= 0.6 is 11.3 Å². The van der Waals surface area contributed by atoms with E-state index in [1.807, 2.05) is 10.3 Å². The predicted molar refractivity (Wildman–Crippen MR) is 74.8 cm³/mol. The Hall–Kier alpha value is -0.900.